The van der Waals surface area contributed by atoms with Crippen LogP contribution in [0.3, 0.4) is 0 Å². The van der Waals surface area contributed by atoms with Crippen LogP contribution in [-0.2, 0) is 6.54 Å². The van der Waals surface area contributed by atoms with E-state index < -0.39 is 0 Å². The highest BCUT2D eigenvalue weighted by Gasteiger charge is 2.19. The molecule has 6 rings (SSSR count). The number of benzene rings is 3. The summed E-state index contributed by atoms with van der Waals surface area (Å²) >= 11 is 0. The van der Waals surface area contributed by atoms with Gasteiger partial charge in [0.15, 0.2) is 0 Å². The minimum Gasteiger partial charge on any atom is -0.371 e. The quantitative estimate of drug-likeness (QED) is 0.258. The Balaban J connectivity index is 1.06. The molecule has 6 heteroatoms. The first kappa shape index (κ1) is 27.6. The lowest BCUT2D eigenvalue weighted by molar-refractivity contribution is 0.257. The molecule has 1 aromatic heterocycles. The largest absolute Gasteiger partial charge is 0.371 e. The summed E-state index contributed by atoms with van der Waals surface area (Å²) in [5.41, 5.74) is 10.1. The van der Waals surface area contributed by atoms with Gasteiger partial charge in [-0.15, -0.1) is 0 Å². The topological polar surface area (TPSA) is 39.6 Å². The number of hydrogen-bond donors (Lipinski definition) is 1. The predicted molar refractivity (Wildman–Crippen MR) is 171 cm³/mol. The number of aryl methyl sites for hydroxylation is 1. The van der Waals surface area contributed by atoms with Crippen LogP contribution in [0.25, 0.3) is 16.8 Å². The third-order valence-electron chi connectivity index (χ3n) is 8.88. The first-order chi connectivity index (χ1) is 20.2. The standard InChI is InChI=1S/C35H44N6/c1-28-10-9-13-34(29(28)2)40-24-22-38(23-25-40)21-17-36-27-31-16-20-41(37-31)35-26-32(39-18-7-4-8-19-39)14-15-33(35)30-11-5-3-6-12-30/h3,5-6,9-16,20,26,36H,4,7-8,17-19,21-25,27H2,1-2H3. The fraction of sp³-hybridized carbons (Fsp3) is 0.400. The van der Waals surface area contributed by atoms with E-state index in [1.807, 2.05) is 0 Å². The molecule has 2 aliphatic rings. The average Bonchev–Trinajstić information content (AvgIpc) is 3.50. The summed E-state index contributed by atoms with van der Waals surface area (Å²) in [7, 11) is 0. The first-order valence-electron chi connectivity index (χ1n) is 15.4. The van der Waals surface area contributed by atoms with Gasteiger partial charge in [0.2, 0.25) is 0 Å². The van der Waals surface area contributed by atoms with Gasteiger partial charge in [-0.2, -0.15) is 5.10 Å². The number of anilines is 2. The Morgan fingerprint density at radius 3 is 2.34 bits per heavy atom. The van der Waals surface area contributed by atoms with Gasteiger partial charge in [-0.1, -0.05) is 48.5 Å². The van der Waals surface area contributed by atoms with E-state index in [0.717, 1.165) is 70.3 Å². The van der Waals surface area contributed by atoms with Crippen molar-refractivity contribution in [1.82, 2.24) is 20.0 Å². The zero-order valence-electron chi connectivity index (χ0n) is 24.7. The van der Waals surface area contributed by atoms with Crippen molar-refractivity contribution < 1.29 is 0 Å². The maximum Gasteiger partial charge on any atom is 0.0766 e. The second-order valence-electron chi connectivity index (χ2n) is 11.6. The molecule has 2 fully saturated rings. The monoisotopic (exact) mass is 548 g/mol. The van der Waals surface area contributed by atoms with Crippen molar-refractivity contribution in [2.24, 2.45) is 0 Å². The molecule has 0 radical (unpaired) electrons. The van der Waals surface area contributed by atoms with E-state index >= 15 is 0 Å². The van der Waals surface area contributed by atoms with E-state index in [0.29, 0.717) is 0 Å². The normalized spacial score (nSPS) is 16.3. The molecule has 214 valence electrons. The number of nitrogens with one attached hydrogen (secondary N) is 1. The number of piperidine rings is 1. The van der Waals surface area contributed by atoms with E-state index in [-0.39, 0.29) is 0 Å². The van der Waals surface area contributed by atoms with Crippen LogP contribution < -0.4 is 15.1 Å². The highest BCUT2D eigenvalue weighted by molar-refractivity contribution is 5.76. The number of piperazine rings is 1. The van der Waals surface area contributed by atoms with Crippen LogP contribution in [-0.4, -0.2) is 67.0 Å². The van der Waals surface area contributed by atoms with Crippen LogP contribution in [0.5, 0.6) is 0 Å². The Morgan fingerprint density at radius 1 is 0.732 bits per heavy atom. The minimum absolute atomic E-state index is 0.780. The molecular formula is C35H44N6. The second kappa shape index (κ2) is 12.9. The maximum absolute atomic E-state index is 5.01. The number of aromatic nitrogens is 2. The van der Waals surface area contributed by atoms with Crippen molar-refractivity contribution in [2.45, 2.75) is 39.7 Å². The van der Waals surface area contributed by atoms with E-state index in [9.17, 15) is 0 Å². The molecule has 6 nitrogen and oxygen atoms in total. The molecule has 0 amide bonds. The molecule has 0 saturated carbocycles. The van der Waals surface area contributed by atoms with Crippen molar-refractivity contribution in [3.8, 4) is 16.8 Å². The molecule has 0 unspecified atom stereocenters. The van der Waals surface area contributed by atoms with Gasteiger partial charge >= 0.3 is 0 Å². The van der Waals surface area contributed by atoms with Crippen LogP contribution in [0.1, 0.15) is 36.1 Å². The van der Waals surface area contributed by atoms with Crippen molar-refractivity contribution in [3.05, 3.63) is 95.8 Å². The Morgan fingerprint density at radius 2 is 1.54 bits per heavy atom. The molecule has 3 aromatic carbocycles. The number of nitrogens with zero attached hydrogens (tertiary/aromatic N) is 5. The van der Waals surface area contributed by atoms with Crippen LogP contribution >= 0.6 is 0 Å². The number of rotatable bonds is 9. The average molecular weight is 549 g/mol. The SMILES string of the molecule is Cc1cccc(N2CCN(CCNCc3ccn(-c4cc(N5CCCCC5)ccc4-c4ccccc4)n3)CC2)c1C. The highest BCUT2D eigenvalue weighted by Crippen LogP contribution is 2.32. The number of hydrogen-bond acceptors (Lipinski definition) is 5. The van der Waals surface area contributed by atoms with Crippen molar-refractivity contribution in [3.63, 3.8) is 0 Å². The fourth-order valence-electron chi connectivity index (χ4n) is 6.25. The van der Waals surface area contributed by atoms with Gasteiger partial charge in [0, 0.05) is 82.0 Å². The molecule has 41 heavy (non-hydrogen) atoms. The second-order valence-corrected chi connectivity index (χ2v) is 11.6. The summed E-state index contributed by atoms with van der Waals surface area (Å²) < 4.78 is 2.07. The molecule has 3 heterocycles. The third-order valence-corrected chi connectivity index (χ3v) is 8.88. The van der Waals surface area contributed by atoms with Gasteiger partial charge in [0.05, 0.1) is 11.4 Å². The van der Waals surface area contributed by atoms with Gasteiger partial charge in [0.1, 0.15) is 0 Å². The third kappa shape index (κ3) is 6.50. The summed E-state index contributed by atoms with van der Waals surface area (Å²) in [6.45, 7) is 13.9. The summed E-state index contributed by atoms with van der Waals surface area (Å²) in [6, 6.07) is 26.4. The van der Waals surface area contributed by atoms with Gasteiger partial charge in [-0.25, -0.2) is 4.68 Å². The van der Waals surface area contributed by atoms with Crippen LogP contribution in [0.4, 0.5) is 11.4 Å². The summed E-state index contributed by atoms with van der Waals surface area (Å²) in [6.07, 6.45) is 6.00. The van der Waals surface area contributed by atoms with Gasteiger partial charge in [-0.05, 0) is 74.1 Å². The summed E-state index contributed by atoms with van der Waals surface area (Å²) in [5.74, 6) is 0. The predicted octanol–water partition coefficient (Wildman–Crippen LogP) is 6.06. The van der Waals surface area contributed by atoms with Gasteiger partial charge in [-0.3, -0.25) is 4.90 Å². The highest BCUT2D eigenvalue weighted by atomic mass is 15.3. The molecule has 0 spiro atoms. The van der Waals surface area contributed by atoms with Crippen LogP contribution in [0.15, 0.2) is 79.0 Å². The van der Waals surface area contributed by atoms with Crippen molar-refractivity contribution in [2.75, 3.05) is 62.2 Å². The van der Waals surface area contributed by atoms with E-state index in [1.54, 1.807) is 0 Å². The lowest BCUT2D eigenvalue weighted by Gasteiger charge is -2.37. The smallest absolute Gasteiger partial charge is 0.0766 e. The van der Waals surface area contributed by atoms with Crippen LogP contribution in [0.2, 0.25) is 0 Å². The molecule has 0 atom stereocenters. The molecule has 2 saturated heterocycles. The zero-order valence-corrected chi connectivity index (χ0v) is 24.7. The first-order valence-corrected chi connectivity index (χ1v) is 15.4. The Hall–Kier alpha value is -3.61. The van der Waals surface area contributed by atoms with Crippen molar-refractivity contribution in [1.29, 1.82) is 0 Å². The molecule has 1 N–H and O–H groups in total. The lowest BCUT2D eigenvalue weighted by Crippen LogP contribution is -2.48. The Kier molecular flexibility index (Phi) is 8.68. The fourth-order valence-corrected chi connectivity index (χ4v) is 6.25. The summed E-state index contributed by atoms with van der Waals surface area (Å²) in [4.78, 5) is 7.64. The van der Waals surface area contributed by atoms with E-state index in [1.165, 1.54) is 52.9 Å². The summed E-state index contributed by atoms with van der Waals surface area (Å²) in [5, 5.41) is 8.65. The van der Waals surface area contributed by atoms with Crippen molar-refractivity contribution >= 4 is 11.4 Å². The van der Waals surface area contributed by atoms with Gasteiger partial charge < -0.3 is 15.1 Å². The van der Waals surface area contributed by atoms with E-state index in [4.69, 9.17) is 5.10 Å². The Labute approximate surface area is 245 Å². The lowest BCUT2D eigenvalue weighted by atomic mass is 10.0. The zero-order chi connectivity index (χ0) is 28.0. The van der Waals surface area contributed by atoms with Crippen LogP contribution in [0, 0.1) is 13.8 Å². The maximum atomic E-state index is 5.01. The van der Waals surface area contributed by atoms with E-state index in [2.05, 4.69) is 118 Å². The molecule has 0 aliphatic carbocycles. The molecule has 0 bridgehead atoms. The Bertz CT molecular complexity index is 1410. The van der Waals surface area contributed by atoms with Gasteiger partial charge in [0.25, 0.3) is 0 Å². The molecular weight excluding hydrogens is 504 g/mol. The minimum atomic E-state index is 0.780. The molecule has 4 aromatic rings. The molecule has 2 aliphatic heterocycles.